The first-order valence-corrected chi connectivity index (χ1v) is 11.1. The van der Waals surface area contributed by atoms with Crippen LogP contribution in [0.15, 0.2) is 54.6 Å². The van der Waals surface area contributed by atoms with Gasteiger partial charge in [0.2, 0.25) is 0 Å². The molecule has 3 amide bonds. The summed E-state index contributed by atoms with van der Waals surface area (Å²) in [4.78, 5) is 25.5. The fourth-order valence-electron chi connectivity index (χ4n) is 3.46. The van der Waals surface area contributed by atoms with E-state index in [1.807, 2.05) is 24.3 Å². The van der Waals surface area contributed by atoms with Crippen LogP contribution in [0.3, 0.4) is 0 Å². The van der Waals surface area contributed by atoms with Gasteiger partial charge >= 0.3 is 6.03 Å². The third kappa shape index (κ3) is 7.17. The van der Waals surface area contributed by atoms with Crippen LogP contribution in [0.1, 0.15) is 40.9 Å². The Morgan fingerprint density at radius 3 is 2.58 bits per heavy atom. The summed E-state index contributed by atoms with van der Waals surface area (Å²) in [5.74, 6) is -0.408. The molecule has 3 aromatic rings. The van der Waals surface area contributed by atoms with E-state index in [1.54, 1.807) is 37.2 Å². The maximum absolute atomic E-state index is 13.4. The molecule has 0 aliphatic rings. The van der Waals surface area contributed by atoms with Gasteiger partial charge in [0, 0.05) is 44.0 Å². The topological polar surface area (TPSA) is 90.1 Å². The van der Waals surface area contributed by atoms with E-state index in [1.165, 1.54) is 12.1 Å². The van der Waals surface area contributed by atoms with Gasteiger partial charge in [-0.15, -0.1) is 0 Å². The van der Waals surface area contributed by atoms with Crippen LogP contribution in [-0.4, -0.2) is 47.7 Å². The summed E-state index contributed by atoms with van der Waals surface area (Å²) in [6.45, 7) is 1.07. The highest BCUT2D eigenvalue weighted by molar-refractivity contribution is 5.93. The molecule has 7 nitrogen and oxygen atoms in total. The number of aryl methyl sites for hydroxylation is 1. The molecular weight excluding hydrogens is 421 g/mol. The maximum atomic E-state index is 13.4. The zero-order valence-corrected chi connectivity index (χ0v) is 19.0. The van der Waals surface area contributed by atoms with Gasteiger partial charge in [-0.2, -0.15) is 5.10 Å². The van der Waals surface area contributed by atoms with E-state index >= 15 is 0 Å². The molecule has 0 aliphatic carbocycles. The van der Waals surface area contributed by atoms with Gasteiger partial charge in [0.15, 0.2) is 0 Å². The number of nitrogens with zero attached hydrogens (tertiary/aromatic N) is 2. The van der Waals surface area contributed by atoms with Crippen molar-refractivity contribution >= 4 is 11.9 Å². The van der Waals surface area contributed by atoms with Crippen LogP contribution < -0.4 is 10.6 Å². The number of rotatable bonds is 10. The molecule has 0 radical (unpaired) electrons. The Morgan fingerprint density at radius 1 is 1.06 bits per heavy atom. The summed E-state index contributed by atoms with van der Waals surface area (Å²) < 4.78 is 13.4. The molecule has 0 saturated carbocycles. The molecular formula is C25H30FN5O2. The third-order valence-corrected chi connectivity index (χ3v) is 5.42. The van der Waals surface area contributed by atoms with Crippen molar-refractivity contribution in [2.75, 3.05) is 20.6 Å². The standard InChI is InChI=1S/C25H30FN5O2/c1-27-24(32)19-12-10-18(11-13-19)17-28-25(33)31(2)14-5-3-4-9-22-16-23(30-29-22)20-7-6-8-21(26)15-20/h6-8,10-13,15-16H,3-5,9,14,17H2,1-2H3,(H,27,32)(H,28,33)(H,29,30). The molecule has 0 saturated heterocycles. The molecule has 33 heavy (non-hydrogen) atoms. The van der Waals surface area contributed by atoms with E-state index in [9.17, 15) is 14.0 Å². The average molecular weight is 452 g/mol. The van der Waals surface area contributed by atoms with Gasteiger partial charge in [0.25, 0.3) is 5.91 Å². The number of aromatic nitrogens is 2. The van der Waals surface area contributed by atoms with Crippen LogP contribution in [0, 0.1) is 5.82 Å². The number of hydrogen-bond acceptors (Lipinski definition) is 3. The second-order valence-corrected chi connectivity index (χ2v) is 7.96. The highest BCUT2D eigenvalue weighted by atomic mass is 19.1. The van der Waals surface area contributed by atoms with Gasteiger partial charge in [-0.25, -0.2) is 9.18 Å². The number of hydrogen-bond donors (Lipinski definition) is 3. The van der Waals surface area contributed by atoms with E-state index in [2.05, 4.69) is 20.8 Å². The third-order valence-electron chi connectivity index (χ3n) is 5.42. The Kier molecular flexibility index (Phi) is 8.57. The minimum absolute atomic E-state index is 0.126. The molecule has 3 N–H and O–H groups in total. The largest absolute Gasteiger partial charge is 0.355 e. The normalized spacial score (nSPS) is 10.6. The Labute approximate surface area is 193 Å². The van der Waals surface area contributed by atoms with Crippen molar-refractivity contribution in [1.29, 1.82) is 0 Å². The average Bonchev–Trinajstić information content (AvgIpc) is 3.31. The minimum Gasteiger partial charge on any atom is -0.355 e. The minimum atomic E-state index is -0.274. The number of carbonyl (C=O) groups excluding carboxylic acids is 2. The summed E-state index contributed by atoms with van der Waals surface area (Å²) in [6.07, 6.45) is 3.70. The summed E-state index contributed by atoms with van der Waals surface area (Å²) in [5.41, 5.74) is 4.03. The van der Waals surface area contributed by atoms with E-state index in [4.69, 9.17) is 0 Å². The fraction of sp³-hybridized carbons (Fsp3) is 0.320. The molecule has 0 spiro atoms. The number of urea groups is 1. The van der Waals surface area contributed by atoms with Crippen molar-refractivity contribution in [1.82, 2.24) is 25.7 Å². The zero-order valence-electron chi connectivity index (χ0n) is 19.0. The molecule has 0 bridgehead atoms. The van der Waals surface area contributed by atoms with Gasteiger partial charge in [0.1, 0.15) is 5.82 Å². The van der Waals surface area contributed by atoms with Gasteiger partial charge in [0.05, 0.1) is 5.69 Å². The Morgan fingerprint density at radius 2 is 1.85 bits per heavy atom. The van der Waals surface area contributed by atoms with Crippen LogP contribution in [0.5, 0.6) is 0 Å². The number of halogens is 1. The predicted octanol–water partition coefficient (Wildman–Crippen LogP) is 4.13. The van der Waals surface area contributed by atoms with Gasteiger partial charge < -0.3 is 15.5 Å². The van der Waals surface area contributed by atoms with Crippen LogP contribution in [0.4, 0.5) is 9.18 Å². The summed E-state index contributed by atoms with van der Waals surface area (Å²) >= 11 is 0. The van der Waals surface area contributed by atoms with Crippen molar-refractivity contribution in [2.45, 2.75) is 32.2 Å². The molecule has 0 fully saturated rings. The lowest BCUT2D eigenvalue weighted by molar-refractivity contribution is 0.0963. The summed E-state index contributed by atoms with van der Waals surface area (Å²) in [7, 11) is 3.37. The van der Waals surface area contributed by atoms with Gasteiger partial charge in [-0.1, -0.05) is 30.7 Å². The van der Waals surface area contributed by atoms with E-state index in [0.717, 1.165) is 48.2 Å². The van der Waals surface area contributed by atoms with Gasteiger partial charge in [-0.3, -0.25) is 9.89 Å². The smallest absolute Gasteiger partial charge is 0.317 e. The quantitative estimate of drug-likeness (QED) is 0.405. The fourth-order valence-corrected chi connectivity index (χ4v) is 3.46. The Bertz CT molecular complexity index is 1060. The van der Waals surface area contributed by atoms with Gasteiger partial charge in [-0.05, 0) is 55.2 Å². The lowest BCUT2D eigenvalue weighted by atomic mass is 10.1. The van der Waals surface area contributed by atoms with Crippen molar-refractivity contribution in [3.8, 4) is 11.3 Å². The maximum Gasteiger partial charge on any atom is 0.317 e. The van der Waals surface area contributed by atoms with Crippen LogP contribution in [-0.2, 0) is 13.0 Å². The van der Waals surface area contributed by atoms with E-state index in [0.29, 0.717) is 18.7 Å². The summed E-state index contributed by atoms with van der Waals surface area (Å²) in [5, 5.41) is 12.8. The SMILES string of the molecule is CNC(=O)c1ccc(CNC(=O)N(C)CCCCCc2cc(-c3cccc(F)c3)n[nH]2)cc1. The first-order chi connectivity index (χ1) is 16.0. The van der Waals surface area contributed by atoms with Crippen molar-refractivity contribution in [3.63, 3.8) is 0 Å². The molecule has 0 aliphatic heterocycles. The van der Waals surface area contributed by atoms with Crippen LogP contribution in [0.25, 0.3) is 11.3 Å². The molecule has 1 aromatic heterocycles. The first-order valence-electron chi connectivity index (χ1n) is 11.1. The monoisotopic (exact) mass is 451 g/mol. The van der Waals surface area contributed by atoms with Crippen molar-refractivity contribution < 1.29 is 14.0 Å². The highest BCUT2D eigenvalue weighted by Crippen LogP contribution is 2.19. The number of H-pyrrole nitrogens is 1. The van der Waals surface area contributed by atoms with E-state index in [-0.39, 0.29) is 17.8 Å². The Balaban J connectivity index is 1.33. The molecule has 2 aromatic carbocycles. The molecule has 0 atom stereocenters. The molecule has 1 heterocycles. The second-order valence-electron chi connectivity index (χ2n) is 7.96. The zero-order chi connectivity index (χ0) is 23.6. The van der Waals surface area contributed by atoms with Crippen LogP contribution >= 0.6 is 0 Å². The van der Waals surface area contributed by atoms with Crippen molar-refractivity contribution in [3.05, 3.63) is 77.2 Å². The number of unbranched alkanes of at least 4 members (excludes halogenated alkanes) is 2. The Hall–Kier alpha value is -3.68. The lowest BCUT2D eigenvalue weighted by Crippen LogP contribution is -2.37. The first kappa shape index (κ1) is 24.0. The number of carbonyl (C=O) groups is 2. The second kappa shape index (κ2) is 11.8. The predicted molar refractivity (Wildman–Crippen MR) is 126 cm³/mol. The molecule has 3 rings (SSSR count). The molecule has 8 heteroatoms. The number of benzene rings is 2. The number of aromatic amines is 1. The number of amides is 3. The van der Waals surface area contributed by atoms with Crippen LogP contribution in [0.2, 0.25) is 0 Å². The summed E-state index contributed by atoms with van der Waals surface area (Å²) in [6, 6.07) is 15.4. The van der Waals surface area contributed by atoms with Crippen molar-refractivity contribution in [2.24, 2.45) is 0 Å². The highest BCUT2D eigenvalue weighted by Gasteiger charge is 2.09. The molecule has 174 valence electrons. The lowest BCUT2D eigenvalue weighted by Gasteiger charge is -2.18. The van der Waals surface area contributed by atoms with E-state index < -0.39 is 0 Å². The molecule has 0 unspecified atom stereocenters. The number of nitrogens with one attached hydrogen (secondary N) is 3.